The molecule has 96 valence electrons. The smallest absolute Gasteiger partial charge is 0.0488 e. The maximum absolute atomic E-state index is 5.75. The highest BCUT2D eigenvalue weighted by Crippen LogP contribution is 2.29. The number of hydrogen-bond acceptors (Lipinski definition) is 2. The lowest BCUT2D eigenvalue weighted by Gasteiger charge is -2.26. The SMILES string of the molecule is CCCC(CCC)C(NN)c1ccc(C)cc1. The van der Waals surface area contributed by atoms with Crippen molar-refractivity contribution in [3.05, 3.63) is 35.4 Å². The zero-order chi connectivity index (χ0) is 12.7. The Morgan fingerprint density at radius 3 is 2.00 bits per heavy atom. The van der Waals surface area contributed by atoms with Gasteiger partial charge in [0, 0.05) is 6.04 Å². The van der Waals surface area contributed by atoms with Crippen LogP contribution in [0, 0.1) is 12.8 Å². The third-order valence-corrected chi connectivity index (χ3v) is 3.41. The Hall–Kier alpha value is -0.860. The Morgan fingerprint density at radius 1 is 1.06 bits per heavy atom. The van der Waals surface area contributed by atoms with E-state index in [2.05, 4.69) is 50.5 Å². The molecule has 0 bridgehead atoms. The van der Waals surface area contributed by atoms with Crippen LogP contribution in [0.5, 0.6) is 0 Å². The van der Waals surface area contributed by atoms with Crippen molar-refractivity contribution in [1.82, 2.24) is 5.43 Å². The Balaban J connectivity index is 2.83. The van der Waals surface area contributed by atoms with Crippen molar-refractivity contribution >= 4 is 0 Å². The van der Waals surface area contributed by atoms with Gasteiger partial charge in [0.1, 0.15) is 0 Å². The number of aryl methyl sites for hydroxylation is 1. The van der Waals surface area contributed by atoms with Crippen LogP contribution >= 0.6 is 0 Å². The first-order valence-corrected chi connectivity index (χ1v) is 6.75. The number of rotatable bonds is 7. The summed E-state index contributed by atoms with van der Waals surface area (Å²) >= 11 is 0. The summed E-state index contributed by atoms with van der Waals surface area (Å²) in [6.45, 7) is 6.60. The highest BCUT2D eigenvalue weighted by molar-refractivity contribution is 5.24. The van der Waals surface area contributed by atoms with Crippen molar-refractivity contribution in [2.45, 2.75) is 52.5 Å². The van der Waals surface area contributed by atoms with Gasteiger partial charge in [-0.3, -0.25) is 11.3 Å². The number of hydrogen-bond donors (Lipinski definition) is 2. The molecule has 1 atom stereocenters. The van der Waals surface area contributed by atoms with E-state index in [0.29, 0.717) is 5.92 Å². The maximum Gasteiger partial charge on any atom is 0.0488 e. The fourth-order valence-electron chi connectivity index (χ4n) is 2.50. The second kappa shape index (κ2) is 7.46. The van der Waals surface area contributed by atoms with E-state index in [-0.39, 0.29) is 6.04 Å². The minimum atomic E-state index is 0.287. The van der Waals surface area contributed by atoms with Crippen molar-refractivity contribution in [3.63, 3.8) is 0 Å². The van der Waals surface area contributed by atoms with Crippen LogP contribution in [0.4, 0.5) is 0 Å². The fourth-order valence-corrected chi connectivity index (χ4v) is 2.50. The molecule has 0 saturated carbocycles. The van der Waals surface area contributed by atoms with Crippen LogP contribution < -0.4 is 11.3 Å². The first kappa shape index (κ1) is 14.2. The largest absolute Gasteiger partial charge is 0.271 e. The zero-order valence-corrected chi connectivity index (χ0v) is 11.4. The van der Waals surface area contributed by atoms with E-state index in [0.717, 1.165) is 0 Å². The van der Waals surface area contributed by atoms with Crippen LogP contribution in [0.1, 0.15) is 56.7 Å². The average molecular weight is 234 g/mol. The van der Waals surface area contributed by atoms with E-state index in [4.69, 9.17) is 5.84 Å². The summed E-state index contributed by atoms with van der Waals surface area (Å²) in [7, 11) is 0. The molecule has 0 aliphatic carbocycles. The molecule has 0 saturated heterocycles. The quantitative estimate of drug-likeness (QED) is 0.557. The molecule has 3 N–H and O–H groups in total. The summed E-state index contributed by atoms with van der Waals surface area (Å²) in [6, 6.07) is 9.00. The first-order valence-electron chi connectivity index (χ1n) is 6.75. The predicted molar refractivity (Wildman–Crippen MR) is 74.5 cm³/mol. The first-order chi connectivity index (χ1) is 8.22. The second-order valence-electron chi connectivity index (χ2n) is 4.89. The third kappa shape index (κ3) is 4.14. The van der Waals surface area contributed by atoms with Crippen molar-refractivity contribution in [2.24, 2.45) is 11.8 Å². The van der Waals surface area contributed by atoms with Crippen LogP contribution in [0.2, 0.25) is 0 Å². The van der Waals surface area contributed by atoms with Crippen molar-refractivity contribution < 1.29 is 0 Å². The molecule has 0 aromatic heterocycles. The van der Waals surface area contributed by atoms with Gasteiger partial charge in [-0.05, 0) is 31.2 Å². The van der Waals surface area contributed by atoms with Crippen molar-refractivity contribution in [1.29, 1.82) is 0 Å². The molecule has 0 aliphatic rings. The maximum atomic E-state index is 5.75. The lowest BCUT2D eigenvalue weighted by atomic mass is 9.86. The second-order valence-corrected chi connectivity index (χ2v) is 4.89. The van der Waals surface area contributed by atoms with Gasteiger partial charge in [-0.2, -0.15) is 0 Å². The standard InChI is InChI=1S/C15H26N2/c1-4-6-13(7-5-2)15(17-16)14-10-8-12(3)9-11-14/h8-11,13,15,17H,4-7,16H2,1-3H3. The molecule has 0 fully saturated rings. The van der Waals surface area contributed by atoms with Crippen molar-refractivity contribution in [3.8, 4) is 0 Å². The number of nitrogens with two attached hydrogens (primary N) is 1. The Labute approximate surface area is 106 Å². The van der Waals surface area contributed by atoms with Crippen LogP contribution in [-0.4, -0.2) is 0 Å². The summed E-state index contributed by atoms with van der Waals surface area (Å²) in [6.07, 6.45) is 4.90. The van der Waals surface area contributed by atoms with Crippen LogP contribution in [0.15, 0.2) is 24.3 Å². The van der Waals surface area contributed by atoms with Gasteiger partial charge in [-0.1, -0.05) is 56.5 Å². The summed E-state index contributed by atoms with van der Waals surface area (Å²) in [4.78, 5) is 0. The molecule has 0 heterocycles. The molecular weight excluding hydrogens is 208 g/mol. The molecule has 1 unspecified atom stereocenters. The normalized spacial score (nSPS) is 13.0. The topological polar surface area (TPSA) is 38.0 Å². The number of benzene rings is 1. The summed E-state index contributed by atoms with van der Waals surface area (Å²) < 4.78 is 0. The minimum Gasteiger partial charge on any atom is -0.271 e. The third-order valence-electron chi connectivity index (χ3n) is 3.41. The van der Waals surface area contributed by atoms with Gasteiger partial charge in [0.05, 0.1) is 0 Å². The van der Waals surface area contributed by atoms with Crippen LogP contribution in [-0.2, 0) is 0 Å². The summed E-state index contributed by atoms with van der Waals surface area (Å²) in [5.41, 5.74) is 5.62. The molecule has 2 heteroatoms. The van der Waals surface area contributed by atoms with Gasteiger partial charge < -0.3 is 0 Å². The van der Waals surface area contributed by atoms with E-state index in [1.165, 1.54) is 36.8 Å². The number of nitrogens with one attached hydrogen (secondary N) is 1. The van der Waals surface area contributed by atoms with Gasteiger partial charge in [0.2, 0.25) is 0 Å². The lowest BCUT2D eigenvalue weighted by Crippen LogP contribution is -2.33. The monoisotopic (exact) mass is 234 g/mol. The molecule has 2 nitrogen and oxygen atoms in total. The Kier molecular flexibility index (Phi) is 6.23. The molecule has 1 aromatic rings. The van der Waals surface area contributed by atoms with E-state index >= 15 is 0 Å². The van der Waals surface area contributed by atoms with Gasteiger partial charge in [-0.15, -0.1) is 0 Å². The highest BCUT2D eigenvalue weighted by Gasteiger charge is 2.20. The predicted octanol–water partition coefficient (Wildman–Crippen LogP) is 3.72. The number of hydrazine groups is 1. The van der Waals surface area contributed by atoms with E-state index in [1.54, 1.807) is 0 Å². The molecule has 0 spiro atoms. The summed E-state index contributed by atoms with van der Waals surface area (Å²) in [5, 5.41) is 0. The lowest BCUT2D eigenvalue weighted by molar-refractivity contribution is 0.319. The van der Waals surface area contributed by atoms with E-state index < -0.39 is 0 Å². The average Bonchev–Trinajstić information content (AvgIpc) is 2.33. The molecule has 0 radical (unpaired) electrons. The fraction of sp³-hybridized carbons (Fsp3) is 0.600. The zero-order valence-electron chi connectivity index (χ0n) is 11.4. The molecular formula is C15H26N2. The molecule has 1 aromatic carbocycles. The summed E-state index contributed by atoms with van der Waals surface area (Å²) in [5.74, 6) is 6.39. The van der Waals surface area contributed by atoms with Gasteiger partial charge >= 0.3 is 0 Å². The Bertz CT molecular complexity index is 299. The van der Waals surface area contributed by atoms with Crippen LogP contribution in [0.25, 0.3) is 0 Å². The van der Waals surface area contributed by atoms with E-state index in [9.17, 15) is 0 Å². The van der Waals surface area contributed by atoms with Gasteiger partial charge in [-0.25, -0.2) is 0 Å². The molecule has 0 amide bonds. The molecule has 17 heavy (non-hydrogen) atoms. The van der Waals surface area contributed by atoms with Crippen molar-refractivity contribution in [2.75, 3.05) is 0 Å². The molecule has 1 rings (SSSR count). The minimum absolute atomic E-state index is 0.287. The molecule has 0 aliphatic heterocycles. The highest BCUT2D eigenvalue weighted by atomic mass is 15.2. The Morgan fingerprint density at radius 2 is 1.59 bits per heavy atom. The van der Waals surface area contributed by atoms with Crippen LogP contribution in [0.3, 0.4) is 0 Å². The van der Waals surface area contributed by atoms with Gasteiger partial charge in [0.15, 0.2) is 0 Å². The van der Waals surface area contributed by atoms with E-state index in [1.807, 2.05) is 0 Å². The van der Waals surface area contributed by atoms with Gasteiger partial charge in [0.25, 0.3) is 0 Å².